The lowest BCUT2D eigenvalue weighted by Gasteiger charge is -2.38. The molecule has 1 aromatic rings. The summed E-state index contributed by atoms with van der Waals surface area (Å²) >= 11 is 0. The highest BCUT2D eigenvalue weighted by atomic mass is 16.2. The maximum atomic E-state index is 14.2. The summed E-state index contributed by atoms with van der Waals surface area (Å²) in [6, 6.07) is 0.431. The van der Waals surface area contributed by atoms with Crippen LogP contribution in [0.1, 0.15) is 78.2 Å². The SMILES string of the molecule is CC(C)[C@H](NC(=O)N[C@H](C(=O)N1C[C@H]2[C@@H]([C@H]1C(=O)NC(CC1CC1)C(=O)C(N)=O)C2(C)C)C(C)(C)C)C(=O)c1ccccn1. The Morgan fingerprint density at radius 2 is 1.70 bits per heavy atom. The van der Waals surface area contributed by atoms with Gasteiger partial charge in [0, 0.05) is 12.7 Å². The van der Waals surface area contributed by atoms with Crippen molar-refractivity contribution in [2.75, 3.05) is 6.54 Å². The van der Waals surface area contributed by atoms with Crippen LogP contribution in [0.25, 0.3) is 0 Å². The van der Waals surface area contributed by atoms with E-state index in [9.17, 15) is 28.8 Å². The molecule has 0 spiro atoms. The van der Waals surface area contributed by atoms with Crippen molar-refractivity contribution in [2.24, 2.45) is 40.2 Å². The van der Waals surface area contributed by atoms with Crippen LogP contribution in [0.15, 0.2) is 24.4 Å². The molecule has 3 fully saturated rings. The van der Waals surface area contributed by atoms with Crippen molar-refractivity contribution in [1.29, 1.82) is 0 Å². The molecule has 3 aliphatic rings. The Balaban J connectivity index is 1.53. The summed E-state index contributed by atoms with van der Waals surface area (Å²) in [5.74, 6) is -3.35. The molecule has 1 saturated heterocycles. The number of nitrogens with two attached hydrogens (primary N) is 1. The normalized spacial score (nSPS) is 24.0. The Morgan fingerprint density at radius 1 is 1.05 bits per heavy atom. The summed E-state index contributed by atoms with van der Waals surface area (Å²) in [5.41, 5.74) is 4.54. The third kappa shape index (κ3) is 6.94. The number of amides is 5. The van der Waals surface area contributed by atoms with Crippen LogP contribution in [0.5, 0.6) is 0 Å². The van der Waals surface area contributed by atoms with Gasteiger partial charge in [-0.1, -0.05) is 67.4 Å². The quantitative estimate of drug-likeness (QED) is 0.206. The Hall–Kier alpha value is -3.83. The van der Waals surface area contributed by atoms with Crippen molar-refractivity contribution in [2.45, 2.75) is 91.9 Å². The Kier molecular flexibility index (Phi) is 9.23. The number of nitrogens with one attached hydrogen (secondary N) is 3. The number of hydrogen-bond donors (Lipinski definition) is 4. The second kappa shape index (κ2) is 12.3. The zero-order valence-electron chi connectivity index (χ0n) is 26.7. The first-order chi connectivity index (χ1) is 20.4. The molecule has 6 atom stereocenters. The monoisotopic (exact) mass is 610 g/mol. The van der Waals surface area contributed by atoms with Crippen LogP contribution in [0.3, 0.4) is 0 Å². The van der Waals surface area contributed by atoms with E-state index in [1.165, 1.54) is 11.1 Å². The molecule has 5 amide bonds. The van der Waals surface area contributed by atoms with E-state index in [0.717, 1.165) is 12.8 Å². The zero-order chi connectivity index (χ0) is 32.7. The molecule has 0 radical (unpaired) electrons. The summed E-state index contributed by atoms with van der Waals surface area (Å²) in [7, 11) is 0. The number of carbonyl (C=O) groups excluding carboxylic acids is 6. The molecular weight excluding hydrogens is 564 g/mol. The predicted octanol–water partition coefficient (Wildman–Crippen LogP) is 1.83. The molecule has 2 saturated carbocycles. The molecule has 0 bridgehead atoms. The van der Waals surface area contributed by atoms with Gasteiger partial charge in [0.05, 0.1) is 12.1 Å². The number of piperidine rings is 1. The van der Waals surface area contributed by atoms with Gasteiger partial charge in [-0.2, -0.15) is 0 Å². The highest BCUT2D eigenvalue weighted by Gasteiger charge is 2.70. The maximum Gasteiger partial charge on any atom is 0.316 e. The van der Waals surface area contributed by atoms with E-state index in [0.29, 0.717) is 13.0 Å². The highest BCUT2D eigenvalue weighted by Crippen LogP contribution is 2.65. The van der Waals surface area contributed by atoms with Crippen molar-refractivity contribution in [1.82, 2.24) is 25.8 Å². The van der Waals surface area contributed by atoms with E-state index >= 15 is 0 Å². The lowest BCUT2D eigenvalue weighted by molar-refractivity contribution is -0.145. The lowest BCUT2D eigenvalue weighted by atomic mass is 9.85. The van der Waals surface area contributed by atoms with Crippen LogP contribution in [0.4, 0.5) is 4.79 Å². The van der Waals surface area contributed by atoms with Gasteiger partial charge < -0.3 is 26.6 Å². The first-order valence-electron chi connectivity index (χ1n) is 15.4. The Morgan fingerprint density at radius 3 is 2.23 bits per heavy atom. The van der Waals surface area contributed by atoms with E-state index in [2.05, 4.69) is 20.9 Å². The number of hydrogen-bond acceptors (Lipinski definition) is 7. The molecule has 2 aliphatic carbocycles. The van der Waals surface area contributed by atoms with Crippen LogP contribution >= 0.6 is 0 Å². The molecule has 240 valence electrons. The molecule has 12 nitrogen and oxygen atoms in total. The second-order valence-corrected chi connectivity index (χ2v) is 14.6. The van der Waals surface area contributed by atoms with Crippen LogP contribution in [-0.4, -0.2) is 75.9 Å². The van der Waals surface area contributed by atoms with Gasteiger partial charge in [-0.15, -0.1) is 0 Å². The fourth-order valence-electron chi connectivity index (χ4n) is 6.49. The van der Waals surface area contributed by atoms with Gasteiger partial charge in [0.1, 0.15) is 17.8 Å². The number of primary amides is 1. The summed E-state index contributed by atoms with van der Waals surface area (Å²) in [6.07, 6.45) is 3.66. The van der Waals surface area contributed by atoms with Crippen molar-refractivity contribution >= 4 is 35.3 Å². The average Bonchev–Trinajstić information content (AvgIpc) is 3.80. The molecule has 1 unspecified atom stereocenters. The minimum absolute atomic E-state index is 0.0617. The van der Waals surface area contributed by atoms with Gasteiger partial charge in [0.25, 0.3) is 5.91 Å². The smallest absolute Gasteiger partial charge is 0.316 e. The van der Waals surface area contributed by atoms with E-state index in [1.807, 2.05) is 34.6 Å². The number of ketones is 2. The minimum Gasteiger partial charge on any atom is -0.363 e. The number of rotatable bonds is 12. The average molecular weight is 611 g/mol. The molecule has 1 aliphatic heterocycles. The standard InChI is InChI=1S/C32H46N6O6/c1-16(2)22(24(39)19-10-8-9-13-34-19)36-30(44)37-26(31(3,4)5)29(43)38-15-18-21(32(18,6)7)23(38)28(42)35-20(14-17-11-12-17)25(40)27(33)41/h8-10,13,16-18,20-23,26H,11-12,14-15H2,1-7H3,(H2,33,41)(H,35,42)(H2,36,37,44)/t18-,20?,21-,22-,23-,26+/m0/s1. The highest BCUT2D eigenvalue weighted by molar-refractivity contribution is 6.37. The van der Waals surface area contributed by atoms with Gasteiger partial charge >= 0.3 is 6.03 Å². The fraction of sp³-hybridized carbons (Fsp3) is 0.656. The predicted molar refractivity (Wildman–Crippen MR) is 162 cm³/mol. The molecule has 44 heavy (non-hydrogen) atoms. The number of nitrogens with zero attached hydrogens (tertiary/aromatic N) is 2. The lowest BCUT2D eigenvalue weighted by Crippen LogP contribution is -2.62. The van der Waals surface area contributed by atoms with E-state index < -0.39 is 59.1 Å². The maximum absolute atomic E-state index is 14.2. The second-order valence-electron chi connectivity index (χ2n) is 14.6. The molecule has 1 aromatic heterocycles. The summed E-state index contributed by atoms with van der Waals surface area (Å²) in [4.78, 5) is 84.4. The molecule has 5 N–H and O–H groups in total. The molecule has 12 heteroatoms. The van der Waals surface area contributed by atoms with Gasteiger partial charge in [0.15, 0.2) is 0 Å². The fourth-order valence-corrected chi connectivity index (χ4v) is 6.49. The van der Waals surface area contributed by atoms with Gasteiger partial charge in [-0.05, 0) is 53.1 Å². The van der Waals surface area contributed by atoms with E-state index in [-0.39, 0.29) is 40.6 Å². The molecular formula is C32H46N6O6. The van der Waals surface area contributed by atoms with Crippen LogP contribution in [0.2, 0.25) is 0 Å². The number of likely N-dealkylation sites (tertiary alicyclic amines) is 1. The summed E-state index contributed by atoms with van der Waals surface area (Å²) in [5, 5.41) is 8.26. The number of fused-ring (bicyclic) bond motifs is 1. The van der Waals surface area contributed by atoms with E-state index in [4.69, 9.17) is 5.73 Å². The van der Waals surface area contributed by atoms with Gasteiger partial charge in [-0.25, -0.2) is 4.79 Å². The Bertz CT molecular complexity index is 1320. The third-order valence-electron chi connectivity index (χ3n) is 9.44. The number of aromatic nitrogens is 1. The van der Waals surface area contributed by atoms with Crippen LogP contribution < -0.4 is 21.7 Å². The number of carbonyl (C=O) groups is 6. The van der Waals surface area contributed by atoms with Crippen molar-refractivity contribution in [3.8, 4) is 0 Å². The topological polar surface area (TPSA) is 181 Å². The Labute approximate surface area is 258 Å². The van der Waals surface area contributed by atoms with Crippen molar-refractivity contribution in [3.05, 3.63) is 30.1 Å². The first-order valence-corrected chi connectivity index (χ1v) is 15.4. The summed E-state index contributed by atoms with van der Waals surface area (Å²) < 4.78 is 0. The summed E-state index contributed by atoms with van der Waals surface area (Å²) in [6.45, 7) is 13.4. The molecule has 4 rings (SSSR count). The zero-order valence-corrected chi connectivity index (χ0v) is 26.7. The molecule has 0 aromatic carbocycles. The number of pyridine rings is 1. The number of urea groups is 1. The third-order valence-corrected chi connectivity index (χ3v) is 9.44. The van der Waals surface area contributed by atoms with Crippen molar-refractivity contribution < 1.29 is 28.8 Å². The van der Waals surface area contributed by atoms with Gasteiger partial charge in [0.2, 0.25) is 23.4 Å². The first kappa shape index (κ1) is 33.1. The minimum atomic E-state index is -1.11. The molecule has 2 heterocycles. The van der Waals surface area contributed by atoms with Crippen molar-refractivity contribution in [3.63, 3.8) is 0 Å². The van der Waals surface area contributed by atoms with E-state index in [1.54, 1.807) is 32.0 Å². The largest absolute Gasteiger partial charge is 0.363 e. The number of Topliss-reactive ketones (excluding diaryl/α,β-unsaturated/α-hetero) is 2. The van der Waals surface area contributed by atoms with Crippen LogP contribution in [-0.2, 0) is 19.2 Å². The van der Waals surface area contributed by atoms with Gasteiger partial charge in [-0.3, -0.25) is 29.0 Å². The van der Waals surface area contributed by atoms with Crippen LogP contribution in [0, 0.1) is 34.5 Å².